The van der Waals surface area contributed by atoms with E-state index in [1.54, 1.807) is 4.90 Å². The van der Waals surface area contributed by atoms with Gasteiger partial charge >= 0.3 is 0 Å². The van der Waals surface area contributed by atoms with Crippen molar-refractivity contribution in [2.45, 2.75) is 451 Å². The van der Waals surface area contributed by atoms with Crippen LogP contribution in [0.25, 0.3) is 0 Å². The standard InChI is InChI=1S/C87H170N8O7/c1-6-11-16-21-26-31-36-37-42-47-52-61-79(96)78-95-81(63-54-60-73-94(76-66-84(99)90-70-57-50-45-40-34-29-24-19-14-9-4)77-67-85(100)91-71-58-51-46-41-35-30-25-20-15-10-5)86(101)92-80(87(95)102)62-53-59-72-93(74-64-82(97)88-68-55-48-43-38-32-27-22-17-12-7-2)75-65-83(98)89-69-56-49-44-39-33-28-23-18-13-8-3/h79-81,96H,6-78H2,1-5H3,(H,88,97)(H,89,98)(H,90,99)(H,91,100)(H,92,101). The maximum Gasteiger partial charge on any atom is 0.245 e. The van der Waals surface area contributed by atoms with E-state index in [-0.39, 0.29) is 42.0 Å². The van der Waals surface area contributed by atoms with E-state index in [0.717, 1.165) is 83.5 Å². The topological polar surface area (TPSA) is 193 Å². The summed E-state index contributed by atoms with van der Waals surface area (Å²) in [5.41, 5.74) is 0. The molecule has 102 heavy (non-hydrogen) atoms. The third kappa shape index (κ3) is 61.8. The normalized spacial score (nSPS) is 14.3. The van der Waals surface area contributed by atoms with Gasteiger partial charge in [0.05, 0.1) is 6.10 Å². The number of carbonyl (C=O) groups excluding carboxylic acids is 6. The number of hydrogen-bond donors (Lipinski definition) is 6. The SMILES string of the molecule is CCCCCCCCCCCCCC(O)CN1C(=O)C(CCCCN(CCC(=O)NCCCCCCCCCCCC)CCC(=O)NCCCCCCCCCCCC)NC(=O)C1CCCCN(CCC(=O)NCCCCCCCCCCCC)CCC(=O)NCCCCCCCCCCCC. The molecule has 3 atom stereocenters. The fraction of sp³-hybridized carbons (Fsp3) is 0.931. The van der Waals surface area contributed by atoms with Crippen LogP contribution in [0.5, 0.6) is 0 Å². The van der Waals surface area contributed by atoms with Gasteiger partial charge in [0.1, 0.15) is 12.1 Å². The third-order valence-electron chi connectivity index (χ3n) is 21.6. The number of rotatable bonds is 80. The maximum atomic E-state index is 14.7. The second kappa shape index (κ2) is 74.6. The van der Waals surface area contributed by atoms with E-state index >= 15 is 0 Å². The monoisotopic (exact) mass is 1440 g/mol. The molecular formula is C87H170N8O7. The lowest BCUT2D eigenvalue weighted by molar-refractivity contribution is -0.151. The van der Waals surface area contributed by atoms with Gasteiger partial charge in [-0.3, -0.25) is 28.8 Å². The van der Waals surface area contributed by atoms with Gasteiger partial charge in [-0.2, -0.15) is 0 Å². The van der Waals surface area contributed by atoms with E-state index in [1.807, 2.05) is 0 Å². The molecule has 15 nitrogen and oxygen atoms in total. The fourth-order valence-corrected chi connectivity index (χ4v) is 14.7. The van der Waals surface area contributed by atoms with E-state index in [2.05, 4.69) is 71.0 Å². The Labute approximate surface area is 630 Å². The van der Waals surface area contributed by atoms with Crippen molar-refractivity contribution >= 4 is 35.4 Å². The molecule has 0 saturated carbocycles. The van der Waals surface area contributed by atoms with Crippen LogP contribution < -0.4 is 26.6 Å². The summed E-state index contributed by atoms with van der Waals surface area (Å²) in [5, 5.41) is 27.4. The Balaban J connectivity index is 3.07. The largest absolute Gasteiger partial charge is 0.391 e. The number of aliphatic hydroxyl groups is 1. The van der Waals surface area contributed by atoms with Crippen molar-refractivity contribution in [3.8, 4) is 0 Å². The summed E-state index contributed by atoms with van der Waals surface area (Å²) in [7, 11) is 0. The molecule has 15 heteroatoms. The quantitative estimate of drug-likeness (QED) is 0.0322. The van der Waals surface area contributed by atoms with E-state index in [9.17, 15) is 33.9 Å². The highest BCUT2D eigenvalue weighted by atomic mass is 16.3. The van der Waals surface area contributed by atoms with Crippen LogP contribution in [0.4, 0.5) is 0 Å². The minimum Gasteiger partial charge on any atom is -0.391 e. The predicted octanol–water partition coefficient (Wildman–Crippen LogP) is 20.4. The maximum absolute atomic E-state index is 14.7. The first-order chi connectivity index (χ1) is 50.0. The molecule has 0 spiro atoms. The predicted molar refractivity (Wildman–Crippen MR) is 433 cm³/mol. The van der Waals surface area contributed by atoms with Crippen molar-refractivity contribution in [2.75, 3.05) is 72.0 Å². The Bertz CT molecular complexity index is 1830. The first-order valence-corrected chi connectivity index (χ1v) is 44.8. The number of hydrogen-bond acceptors (Lipinski definition) is 9. The number of carbonyl (C=O) groups is 6. The van der Waals surface area contributed by atoms with Gasteiger partial charge in [-0.1, -0.05) is 336 Å². The number of aliphatic hydroxyl groups excluding tert-OH is 1. The molecule has 0 bridgehead atoms. The number of amides is 6. The summed E-state index contributed by atoms with van der Waals surface area (Å²) in [6.07, 6.45) is 68.4. The Hall–Kier alpha value is -3.30. The van der Waals surface area contributed by atoms with Gasteiger partial charge in [0.25, 0.3) is 0 Å². The van der Waals surface area contributed by atoms with Crippen LogP contribution in [0.2, 0.25) is 0 Å². The van der Waals surface area contributed by atoms with Crippen molar-refractivity contribution in [1.29, 1.82) is 0 Å². The van der Waals surface area contributed by atoms with E-state index in [0.29, 0.717) is 123 Å². The molecular weight excluding hydrogens is 1270 g/mol. The van der Waals surface area contributed by atoms with Gasteiger partial charge in [-0.05, 0) is 83.7 Å². The Kier molecular flexibility index (Phi) is 70.7. The van der Waals surface area contributed by atoms with Gasteiger partial charge in [-0.25, -0.2) is 0 Å². The van der Waals surface area contributed by atoms with Crippen molar-refractivity contribution in [1.82, 2.24) is 41.3 Å². The van der Waals surface area contributed by atoms with Crippen molar-refractivity contribution in [3.05, 3.63) is 0 Å². The zero-order valence-electron chi connectivity index (χ0n) is 68.1. The van der Waals surface area contributed by atoms with Crippen LogP contribution in [0.15, 0.2) is 0 Å². The average molecular weight is 1440 g/mol. The molecule has 600 valence electrons. The second-order valence-corrected chi connectivity index (χ2v) is 31.3. The highest BCUT2D eigenvalue weighted by Gasteiger charge is 2.40. The first-order valence-electron chi connectivity index (χ1n) is 44.8. The molecule has 1 rings (SSSR count). The average Bonchev–Trinajstić information content (AvgIpc) is 0.805. The van der Waals surface area contributed by atoms with Crippen LogP contribution in [-0.4, -0.2) is 145 Å². The molecule has 1 aliphatic heterocycles. The lowest BCUT2D eigenvalue weighted by Crippen LogP contribution is -2.64. The number of nitrogens with zero attached hydrogens (tertiary/aromatic N) is 3. The highest BCUT2D eigenvalue weighted by molar-refractivity contribution is 5.97. The summed E-state index contributed by atoms with van der Waals surface area (Å²) in [5.74, 6) is -0.156. The molecule has 0 radical (unpaired) electrons. The van der Waals surface area contributed by atoms with E-state index < -0.39 is 18.2 Å². The molecule has 1 heterocycles. The first kappa shape index (κ1) is 96.7. The van der Waals surface area contributed by atoms with Crippen LogP contribution in [0, 0.1) is 0 Å². The Morgan fingerprint density at radius 3 is 0.853 bits per heavy atom. The van der Waals surface area contributed by atoms with Crippen molar-refractivity contribution < 1.29 is 33.9 Å². The zero-order chi connectivity index (χ0) is 74.1. The molecule has 0 aliphatic carbocycles. The van der Waals surface area contributed by atoms with Gasteiger partial charge in [0.2, 0.25) is 35.4 Å². The van der Waals surface area contributed by atoms with Crippen molar-refractivity contribution in [2.24, 2.45) is 0 Å². The van der Waals surface area contributed by atoms with Crippen LogP contribution in [0.1, 0.15) is 433 Å². The minimum absolute atomic E-state index is 0.0384. The summed E-state index contributed by atoms with van der Waals surface area (Å²) in [6.45, 7) is 17.7. The molecule has 3 unspecified atom stereocenters. The Morgan fingerprint density at radius 2 is 0.578 bits per heavy atom. The van der Waals surface area contributed by atoms with Crippen molar-refractivity contribution in [3.63, 3.8) is 0 Å². The van der Waals surface area contributed by atoms with Gasteiger partial charge < -0.3 is 46.4 Å². The number of nitrogens with one attached hydrogen (secondary N) is 5. The lowest BCUT2D eigenvalue weighted by Gasteiger charge is -2.40. The summed E-state index contributed by atoms with van der Waals surface area (Å²) >= 11 is 0. The number of β-amino-alcohol motifs (C(OH)–C–C–N with tert-alkyl or cyclic N) is 1. The van der Waals surface area contributed by atoms with Gasteiger partial charge in [-0.15, -0.1) is 0 Å². The molecule has 6 amide bonds. The van der Waals surface area contributed by atoms with Crippen LogP contribution in [-0.2, 0) is 28.8 Å². The number of unbranched alkanes of at least 4 members (excludes halogenated alkanes) is 48. The lowest BCUT2D eigenvalue weighted by atomic mass is 9.97. The second-order valence-electron chi connectivity index (χ2n) is 31.3. The summed E-state index contributed by atoms with van der Waals surface area (Å²) < 4.78 is 0. The van der Waals surface area contributed by atoms with Crippen LogP contribution >= 0.6 is 0 Å². The molecule has 6 N–H and O–H groups in total. The fourth-order valence-electron chi connectivity index (χ4n) is 14.7. The summed E-state index contributed by atoms with van der Waals surface area (Å²) in [6, 6.07) is -1.40. The summed E-state index contributed by atoms with van der Waals surface area (Å²) in [4.78, 5) is 88.1. The third-order valence-corrected chi connectivity index (χ3v) is 21.6. The minimum atomic E-state index is -0.739. The number of piperazine rings is 1. The molecule has 1 aliphatic rings. The van der Waals surface area contributed by atoms with E-state index in [1.165, 1.54) is 257 Å². The van der Waals surface area contributed by atoms with Gasteiger partial charge in [0.15, 0.2) is 0 Å². The zero-order valence-corrected chi connectivity index (χ0v) is 68.1. The van der Waals surface area contributed by atoms with Crippen LogP contribution in [0.3, 0.4) is 0 Å². The molecule has 0 aromatic rings. The van der Waals surface area contributed by atoms with E-state index in [4.69, 9.17) is 0 Å². The Morgan fingerprint density at radius 1 is 0.333 bits per heavy atom. The molecule has 1 saturated heterocycles. The molecule has 0 aromatic carbocycles. The molecule has 0 aromatic heterocycles. The van der Waals surface area contributed by atoms with Gasteiger partial charge in [0, 0.05) is 84.6 Å². The molecule has 1 fully saturated rings. The smallest absolute Gasteiger partial charge is 0.245 e. The highest BCUT2D eigenvalue weighted by Crippen LogP contribution is 2.23.